The first-order chi connectivity index (χ1) is 10.1. The largest absolute Gasteiger partial charge is 0.346 e. The fraction of sp³-hybridized carbons (Fsp3) is 0.250. The van der Waals surface area contributed by atoms with Gasteiger partial charge in [0.25, 0.3) is 5.56 Å². The number of nitrogens with zero attached hydrogens (tertiary/aromatic N) is 1. The van der Waals surface area contributed by atoms with Crippen molar-refractivity contribution in [3.63, 3.8) is 0 Å². The van der Waals surface area contributed by atoms with Crippen LogP contribution in [0.2, 0.25) is 0 Å². The molecule has 3 aromatic rings. The third-order valence-electron chi connectivity index (χ3n) is 3.34. The third-order valence-corrected chi connectivity index (χ3v) is 3.34. The number of imidazole rings is 1. The molecule has 3 heterocycles. The van der Waals surface area contributed by atoms with Gasteiger partial charge >= 0.3 is 0 Å². The summed E-state index contributed by atoms with van der Waals surface area (Å²) in [6, 6.07) is 3.86. The Kier molecular flexibility index (Phi) is 3.48. The van der Waals surface area contributed by atoms with Crippen LogP contribution in [-0.2, 0) is 0 Å². The first kappa shape index (κ1) is 13.4. The Hall–Kier alpha value is -2.56. The summed E-state index contributed by atoms with van der Waals surface area (Å²) >= 11 is 0. The van der Waals surface area contributed by atoms with Crippen molar-refractivity contribution in [1.29, 1.82) is 0 Å². The second kappa shape index (κ2) is 5.44. The van der Waals surface area contributed by atoms with Gasteiger partial charge in [0.1, 0.15) is 16.5 Å². The maximum atomic E-state index is 12.0. The maximum Gasteiger partial charge on any atom is 0.273 e. The van der Waals surface area contributed by atoms with Crippen molar-refractivity contribution in [2.45, 2.75) is 20.3 Å². The molecule has 3 N–H and O–H groups in total. The SMILES string of the molecule is CC(C)C/C=c1/[nH]c(=O)/c(=C/c2c[nH]c3ncccc23)[nH]1. The molecule has 3 rings (SSSR count). The smallest absolute Gasteiger partial charge is 0.273 e. The maximum absolute atomic E-state index is 12.0. The van der Waals surface area contributed by atoms with Crippen molar-refractivity contribution in [3.8, 4) is 0 Å². The molecule has 0 aliphatic rings. The lowest BCUT2D eigenvalue weighted by Crippen LogP contribution is -2.22. The van der Waals surface area contributed by atoms with Crippen molar-refractivity contribution in [3.05, 3.63) is 51.3 Å². The van der Waals surface area contributed by atoms with Gasteiger partial charge in [-0.1, -0.05) is 13.8 Å². The minimum absolute atomic E-state index is 0.108. The Morgan fingerprint density at radius 1 is 1.33 bits per heavy atom. The van der Waals surface area contributed by atoms with Crippen LogP contribution in [0.15, 0.2) is 29.3 Å². The fourth-order valence-electron chi connectivity index (χ4n) is 2.23. The monoisotopic (exact) mass is 282 g/mol. The second-order valence-electron chi connectivity index (χ2n) is 5.53. The van der Waals surface area contributed by atoms with Gasteiger partial charge in [-0.25, -0.2) is 4.98 Å². The summed E-state index contributed by atoms with van der Waals surface area (Å²) in [5.74, 6) is 0.559. The number of aromatic nitrogens is 4. The number of hydrogen-bond acceptors (Lipinski definition) is 2. The molecule has 0 amide bonds. The first-order valence-corrected chi connectivity index (χ1v) is 7.06. The summed E-state index contributed by atoms with van der Waals surface area (Å²) in [6.07, 6.45) is 8.37. The number of nitrogens with one attached hydrogen (secondary N) is 3. The number of H-pyrrole nitrogens is 3. The highest BCUT2D eigenvalue weighted by molar-refractivity contribution is 5.85. The molecular weight excluding hydrogens is 264 g/mol. The highest BCUT2D eigenvalue weighted by Crippen LogP contribution is 2.15. The Morgan fingerprint density at radius 2 is 2.19 bits per heavy atom. The molecule has 0 unspecified atom stereocenters. The van der Waals surface area contributed by atoms with Gasteiger partial charge in [-0.3, -0.25) is 4.79 Å². The normalized spacial score (nSPS) is 13.7. The van der Waals surface area contributed by atoms with E-state index in [9.17, 15) is 4.79 Å². The summed E-state index contributed by atoms with van der Waals surface area (Å²) in [5, 5.41) is 1.55. The van der Waals surface area contributed by atoms with Crippen molar-refractivity contribution < 1.29 is 0 Å². The average Bonchev–Trinajstić information content (AvgIpc) is 3.02. The minimum Gasteiger partial charge on any atom is -0.346 e. The molecule has 0 aliphatic heterocycles. The Morgan fingerprint density at radius 3 is 3.00 bits per heavy atom. The van der Waals surface area contributed by atoms with Gasteiger partial charge in [0.2, 0.25) is 0 Å². The molecule has 0 saturated carbocycles. The van der Waals surface area contributed by atoms with E-state index in [1.165, 1.54) is 0 Å². The highest BCUT2D eigenvalue weighted by atomic mass is 16.1. The van der Waals surface area contributed by atoms with Gasteiger partial charge in [-0.05, 0) is 36.6 Å². The van der Waals surface area contributed by atoms with Crippen LogP contribution in [0.25, 0.3) is 23.2 Å². The van der Waals surface area contributed by atoms with Crippen LogP contribution in [-0.4, -0.2) is 19.9 Å². The highest BCUT2D eigenvalue weighted by Gasteiger charge is 2.02. The van der Waals surface area contributed by atoms with E-state index < -0.39 is 0 Å². The third kappa shape index (κ3) is 2.81. The molecule has 0 radical (unpaired) electrons. The lowest BCUT2D eigenvalue weighted by molar-refractivity contribution is 0.680. The van der Waals surface area contributed by atoms with Crippen LogP contribution in [0.1, 0.15) is 25.8 Å². The standard InChI is InChI=1S/C16H18N4O/c1-10(2)5-6-14-19-13(16(21)20-14)8-11-9-18-15-12(11)4-3-7-17-15/h3-4,6-10,19H,5H2,1-2H3,(H,17,18)(H,20,21)/b13-8-,14-6+. The fourth-order valence-corrected chi connectivity index (χ4v) is 2.23. The molecule has 0 bridgehead atoms. The summed E-state index contributed by atoms with van der Waals surface area (Å²) in [5.41, 5.74) is 2.42. The van der Waals surface area contributed by atoms with E-state index in [2.05, 4.69) is 33.8 Å². The molecule has 0 aromatic carbocycles. The van der Waals surface area contributed by atoms with Crippen LogP contribution >= 0.6 is 0 Å². The summed E-state index contributed by atoms with van der Waals surface area (Å²) in [4.78, 5) is 25.3. The lowest BCUT2D eigenvalue weighted by Gasteiger charge is -1.94. The van der Waals surface area contributed by atoms with Crippen LogP contribution < -0.4 is 16.4 Å². The Balaban J connectivity index is 2.08. The molecule has 3 aromatic heterocycles. The van der Waals surface area contributed by atoms with E-state index in [0.29, 0.717) is 11.3 Å². The van der Waals surface area contributed by atoms with Crippen LogP contribution in [0.4, 0.5) is 0 Å². The zero-order valence-electron chi connectivity index (χ0n) is 12.1. The molecule has 5 nitrogen and oxygen atoms in total. The molecule has 0 spiro atoms. The van der Waals surface area contributed by atoms with Crippen molar-refractivity contribution in [2.75, 3.05) is 0 Å². The zero-order valence-corrected chi connectivity index (χ0v) is 12.1. The van der Waals surface area contributed by atoms with E-state index in [1.807, 2.05) is 30.5 Å². The Bertz CT molecular complexity index is 927. The number of hydrogen-bond donors (Lipinski definition) is 3. The van der Waals surface area contributed by atoms with Gasteiger partial charge < -0.3 is 15.0 Å². The molecular formula is C16H18N4O. The van der Waals surface area contributed by atoms with E-state index in [0.717, 1.165) is 28.5 Å². The van der Waals surface area contributed by atoms with Crippen LogP contribution in [0.3, 0.4) is 0 Å². The van der Waals surface area contributed by atoms with Gasteiger partial charge in [0, 0.05) is 23.3 Å². The number of aromatic amines is 3. The van der Waals surface area contributed by atoms with Crippen molar-refractivity contribution >= 4 is 23.2 Å². The molecule has 0 fully saturated rings. The topological polar surface area (TPSA) is 77.3 Å². The molecule has 21 heavy (non-hydrogen) atoms. The van der Waals surface area contributed by atoms with Gasteiger partial charge in [0.15, 0.2) is 0 Å². The van der Waals surface area contributed by atoms with Gasteiger partial charge in [-0.2, -0.15) is 0 Å². The predicted octanol–water partition coefficient (Wildman–Crippen LogP) is 1.23. The predicted molar refractivity (Wildman–Crippen MR) is 84.2 cm³/mol. The molecule has 0 atom stereocenters. The number of rotatable bonds is 3. The van der Waals surface area contributed by atoms with E-state index in [-0.39, 0.29) is 5.56 Å². The van der Waals surface area contributed by atoms with E-state index in [4.69, 9.17) is 0 Å². The summed E-state index contributed by atoms with van der Waals surface area (Å²) in [7, 11) is 0. The second-order valence-corrected chi connectivity index (χ2v) is 5.53. The molecule has 0 aliphatic carbocycles. The van der Waals surface area contributed by atoms with Crippen molar-refractivity contribution in [2.24, 2.45) is 5.92 Å². The van der Waals surface area contributed by atoms with Gasteiger partial charge in [-0.15, -0.1) is 0 Å². The quantitative estimate of drug-likeness (QED) is 0.676. The van der Waals surface area contributed by atoms with Crippen LogP contribution in [0.5, 0.6) is 0 Å². The Labute approximate surface area is 121 Å². The first-order valence-electron chi connectivity index (χ1n) is 7.06. The zero-order chi connectivity index (χ0) is 14.8. The van der Waals surface area contributed by atoms with Crippen LogP contribution in [0, 0.1) is 5.92 Å². The number of fused-ring (bicyclic) bond motifs is 1. The summed E-state index contributed by atoms with van der Waals surface area (Å²) in [6.45, 7) is 4.28. The van der Waals surface area contributed by atoms with E-state index >= 15 is 0 Å². The number of pyridine rings is 1. The minimum atomic E-state index is -0.108. The van der Waals surface area contributed by atoms with Gasteiger partial charge in [0.05, 0.1) is 0 Å². The van der Waals surface area contributed by atoms with E-state index in [1.54, 1.807) is 6.20 Å². The average molecular weight is 282 g/mol. The molecule has 108 valence electrons. The molecule has 0 saturated heterocycles. The summed E-state index contributed by atoms with van der Waals surface area (Å²) < 4.78 is 0. The molecule has 5 heteroatoms. The lowest BCUT2D eigenvalue weighted by atomic mass is 10.1. The van der Waals surface area contributed by atoms with Crippen molar-refractivity contribution in [1.82, 2.24) is 19.9 Å².